The van der Waals surface area contributed by atoms with E-state index in [4.69, 9.17) is 9.47 Å². The summed E-state index contributed by atoms with van der Waals surface area (Å²) in [6.07, 6.45) is 0. The summed E-state index contributed by atoms with van der Waals surface area (Å²) in [6, 6.07) is 12.5. The standard InChI is InChI=1S/C14H15NO3/c1-17-10-7-8-12(14(9-10)18-2)15-11-5-3-4-6-13(11)16/h3-9,15-16H,1-2H3. The number of hydrogen-bond donors (Lipinski definition) is 2. The minimum Gasteiger partial charge on any atom is -0.506 e. The van der Waals surface area contributed by atoms with Crippen LogP contribution in [0.3, 0.4) is 0 Å². The fourth-order valence-corrected chi connectivity index (χ4v) is 1.63. The van der Waals surface area contributed by atoms with E-state index in [0.29, 0.717) is 11.4 Å². The molecule has 2 rings (SSSR count). The topological polar surface area (TPSA) is 50.7 Å². The van der Waals surface area contributed by atoms with Gasteiger partial charge in [-0.2, -0.15) is 0 Å². The average molecular weight is 245 g/mol. The normalized spacial score (nSPS) is 9.89. The molecule has 0 bridgehead atoms. The molecule has 0 spiro atoms. The van der Waals surface area contributed by atoms with Gasteiger partial charge in [0.15, 0.2) is 0 Å². The molecule has 0 heterocycles. The van der Waals surface area contributed by atoms with E-state index in [9.17, 15) is 5.11 Å². The molecule has 2 aromatic carbocycles. The summed E-state index contributed by atoms with van der Waals surface area (Å²) in [4.78, 5) is 0. The van der Waals surface area contributed by atoms with Gasteiger partial charge in [-0.1, -0.05) is 12.1 Å². The zero-order chi connectivity index (χ0) is 13.0. The van der Waals surface area contributed by atoms with Gasteiger partial charge in [0.05, 0.1) is 25.6 Å². The van der Waals surface area contributed by atoms with E-state index in [-0.39, 0.29) is 5.75 Å². The maximum atomic E-state index is 9.71. The quantitative estimate of drug-likeness (QED) is 0.812. The summed E-state index contributed by atoms with van der Waals surface area (Å²) in [7, 11) is 3.19. The monoisotopic (exact) mass is 245 g/mol. The molecule has 4 heteroatoms. The van der Waals surface area contributed by atoms with Crippen molar-refractivity contribution < 1.29 is 14.6 Å². The Kier molecular flexibility index (Phi) is 3.57. The van der Waals surface area contributed by atoms with Crippen LogP contribution in [0.25, 0.3) is 0 Å². The van der Waals surface area contributed by atoms with Crippen LogP contribution in [0.5, 0.6) is 17.2 Å². The van der Waals surface area contributed by atoms with Crippen LogP contribution in [0.2, 0.25) is 0 Å². The summed E-state index contributed by atoms with van der Waals surface area (Å²) < 4.78 is 10.4. The number of para-hydroxylation sites is 2. The lowest BCUT2D eigenvalue weighted by Gasteiger charge is -2.13. The van der Waals surface area contributed by atoms with Crippen molar-refractivity contribution in [1.82, 2.24) is 0 Å². The SMILES string of the molecule is COc1ccc(Nc2ccccc2O)c(OC)c1. The van der Waals surface area contributed by atoms with E-state index in [1.54, 1.807) is 38.5 Å². The fraction of sp³-hybridized carbons (Fsp3) is 0.143. The van der Waals surface area contributed by atoms with E-state index in [2.05, 4.69) is 5.32 Å². The molecule has 0 aliphatic heterocycles. The second-order valence-electron chi connectivity index (χ2n) is 3.71. The van der Waals surface area contributed by atoms with Gasteiger partial charge in [-0.15, -0.1) is 0 Å². The Morgan fingerprint density at radius 1 is 0.944 bits per heavy atom. The van der Waals surface area contributed by atoms with Crippen molar-refractivity contribution in [3.63, 3.8) is 0 Å². The van der Waals surface area contributed by atoms with Crippen LogP contribution in [-0.4, -0.2) is 19.3 Å². The first kappa shape index (κ1) is 12.1. The van der Waals surface area contributed by atoms with Crippen molar-refractivity contribution in [1.29, 1.82) is 0 Å². The number of nitrogens with one attached hydrogen (secondary N) is 1. The van der Waals surface area contributed by atoms with Crippen molar-refractivity contribution >= 4 is 11.4 Å². The fourth-order valence-electron chi connectivity index (χ4n) is 1.63. The first-order valence-corrected chi connectivity index (χ1v) is 5.51. The maximum Gasteiger partial charge on any atom is 0.145 e. The van der Waals surface area contributed by atoms with E-state index in [0.717, 1.165) is 11.4 Å². The number of hydrogen-bond acceptors (Lipinski definition) is 4. The molecule has 0 fully saturated rings. The van der Waals surface area contributed by atoms with Crippen molar-refractivity contribution in [3.05, 3.63) is 42.5 Å². The minimum atomic E-state index is 0.190. The summed E-state index contributed by atoms with van der Waals surface area (Å²) in [5, 5.41) is 12.8. The first-order valence-electron chi connectivity index (χ1n) is 5.51. The largest absolute Gasteiger partial charge is 0.506 e. The predicted octanol–water partition coefficient (Wildman–Crippen LogP) is 3.15. The molecule has 0 amide bonds. The molecule has 0 aliphatic rings. The smallest absolute Gasteiger partial charge is 0.145 e. The number of anilines is 2. The molecule has 0 saturated heterocycles. The summed E-state index contributed by atoms with van der Waals surface area (Å²) in [5.41, 5.74) is 1.39. The zero-order valence-corrected chi connectivity index (χ0v) is 10.3. The lowest BCUT2D eigenvalue weighted by atomic mass is 10.2. The number of phenolic OH excluding ortho intramolecular Hbond substituents is 1. The van der Waals surface area contributed by atoms with Crippen LogP contribution < -0.4 is 14.8 Å². The highest BCUT2D eigenvalue weighted by atomic mass is 16.5. The molecule has 0 aromatic heterocycles. The Bertz CT molecular complexity index is 540. The van der Waals surface area contributed by atoms with Gasteiger partial charge in [-0.3, -0.25) is 0 Å². The van der Waals surface area contributed by atoms with Gasteiger partial charge in [-0.25, -0.2) is 0 Å². The van der Waals surface area contributed by atoms with E-state index in [1.807, 2.05) is 18.2 Å². The van der Waals surface area contributed by atoms with Crippen LogP contribution >= 0.6 is 0 Å². The third-order valence-electron chi connectivity index (χ3n) is 2.58. The molecule has 2 N–H and O–H groups in total. The number of rotatable bonds is 4. The van der Waals surface area contributed by atoms with Crippen molar-refractivity contribution in [2.45, 2.75) is 0 Å². The number of aromatic hydroxyl groups is 1. The summed E-state index contributed by atoms with van der Waals surface area (Å²) in [6.45, 7) is 0. The van der Waals surface area contributed by atoms with Gasteiger partial charge in [0.1, 0.15) is 17.2 Å². The van der Waals surface area contributed by atoms with E-state index >= 15 is 0 Å². The molecular formula is C14H15NO3. The van der Waals surface area contributed by atoms with Crippen molar-refractivity contribution in [2.75, 3.05) is 19.5 Å². The first-order chi connectivity index (χ1) is 8.74. The molecule has 0 radical (unpaired) electrons. The third kappa shape index (κ3) is 2.48. The molecule has 0 atom stereocenters. The maximum absolute atomic E-state index is 9.71. The Morgan fingerprint density at radius 3 is 2.39 bits per heavy atom. The Balaban J connectivity index is 2.32. The molecule has 2 aromatic rings. The van der Waals surface area contributed by atoms with E-state index < -0.39 is 0 Å². The minimum absolute atomic E-state index is 0.190. The summed E-state index contributed by atoms with van der Waals surface area (Å²) in [5.74, 6) is 1.56. The zero-order valence-electron chi connectivity index (χ0n) is 10.3. The Morgan fingerprint density at radius 2 is 1.72 bits per heavy atom. The van der Waals surface area contributed by atoms with Gasteiger partial charge >= 0.3 is 0 Å². The Hall–Kier alpha value is -2.36. The van der Waals surface area contributed by atoms with Gasteiger partial charge in [0.2, 0.25) is 0 Å². The Labute approximate surface area is 106 Å². The highest BCUT2D eigenvalue weighted by molar-refractivity contribution is 5.71. The molecule has 18 heavy (non-hydrogen) atoms. The number of benzene rings is 2. The number of methoxy groups -OCH3 is 2. The molecule has 0 saturated carbocycles. The van der Waals surface area contributed by atoms with Gasteiger partial charge in [0, 0.05) is 6.07 Å². The van der Waals surface area contributed by atoms with Crippen LogP contribution in [-0.2, 0) is 0 Å². The van der Waals surface area contributed by atoms with Crippen molar-refractivity contribution in [2.24, 2.45) is 0 Å². The molecule has 0 aliphatic carbocycles. The van der Waals surface area contributed by atoms with Gasteiger partial charge in [-0.05, 0) is 24.3 Å². The van der Waals surface area contributed by atoms with Crippen molar-refractivity contribution in [3.8, 4) is 17.2 Å². The predicted molar refractivity (Wildman–Crippen MR) is 70.9 cm³/mol. The van der Waals surface area contributed by atoms with Gasteiger partial charge < -0.3 is 19.9 Å². The second-order valence-corrected chi connectivity index (χ2v) is 3.71. The summed E-state index contributed by atoms with van der Waals surface area (Å²) >= 11 is 0. The lowest BCUT2D eigenvalue weighted by molar-refractivity contribution is 0.395. The molecule has 0 unspecified atom stereocenters. The molecule has 4 nitrogen and oxygen atoms in total. The lowest BCUT2D eigenvalue weighted by Crippen LogP contribution is -1.95. The van der Waals surface area contributed by atoms with Crippen LogP contribution in [0.15, 0.2) is 42.5 Å². The van der Waals surface area contributed by atoms with Crippen LogP contribution in [0.1, 0.15) is 0 Å². The number of phenols is 1. The molecular weight excluding hydrogens is 230 g/mol. The average Bonchev–Trinajstić information content (AvgIpc) is 2.41. The second kappa shape index (κ2) is 5.31. The van der Waals surface area contributed by atoms with E-state index in [1.165, 1.54) is 0 Å². The van der Waals surface area contributed by atoms with Crippen LogP contribution in [0.4, 0.5) is 11.4 Å². The van der Waals surface area contributed by atoms with Crippen LogP contribution in [0, 0.1) is 0 Å². The highest BCUT2D eigenvalue weighted by Gasteiger charge is 2.07. The number of ether oxygens (including phenoxy) is 2. The van der Waals surface area contributed by atoms with Gasteiger partial charge in [0.25, 0.3) is 0 Å². The third-order valence-corrected chi connectivity index (χ3v) is 2.58. The highest BCUT2D eigenvalue weighted by Crippen LogP contribution is 2.33. The molecule has 94 valence electrons.